The van der Waals surface area contributed by atoms with Crippen LogP contribution in [0.2, 0.25) is 0 Å². The van der Waals surface area contributed by atoms with Gasteiger partial charge < -0.3 is 0 Å². The molecule has 0 aliphatic heterocycles. The molecule has 0 nitrogen and oxygen atoms in total. The number of hydrogen-bond donors (Lipinski definition) is 0. The maximum atomic E-state index is 4.83. The van der Waals surface area contributed by atoms with Gasteiger partial charge in [-0.15, -0.1) is 0 Å². The van der Waals surface area contributed by atoms with Gasteiger partial charge in [-0.25, -0.2) is 0 Å². The summed E-state index contributed by atoms with van der Waals surface area (Å²) in [5.41, 5.74) is 0. The van der Waals surface area contributed by atoms with Crippen LogP contribution in [0, 0.1) is 0 Å². The zero-order valence-corrected chi connectivity index (χ0v) is 7.95. The van der Waals surface area contributed by atoms with Gasteiger partial charge in [0.15, 0.2) is 0 Å². The van der Waals surface area contributed by atoms with Crippen LogP contribution in [0.3, 0.4) is 0 Å². The number of hydrogen-bond acceptors (Lipinski definition) is 0. The Labute approximate surface area is 74.0 Å². The van der Waals surface area contributed by atoms with Gasteiger partial charge >= 0.3 is 76.1 Å². The normalized spacial score (nSPS) is 3.25. The molecular formula is Cl2KMn. The summed E-state index contributed by atoms with van der Waals surface area (Å²) in [6, 6.07) is 0. The third kappa shape index (κ3) is 8.83. The van der Waals surface area contributed by atoms with Crippen LogP contribution < -0.4 is 0 Å². The van der Waals surface area contributed by atoms with Crippen molar-refractivity contribution in [2.45, 2.75) is 0 Å². The van der Waals surface area contributed by atoms with Gasteiger partial charge in [0.1, 0.15) is 0 Å². The van der Waals surface area contributed by atoms with Gasteiger partial charge in [-0.2, -0.15) is 0 Å². The Morgan fingerprint density at radius 1 is 1.25 bits per heavy atom. The SMILES string of the molecule is [Cl][K].[Cl][Mn]. The molecule has 0 unspecified atom stereocenters. The van der Waals surface area contributed by atoms with E-state index < -0.39 is 0 Å². The van der Waals surface area contributed by atoms with Crippen LogP contribution in [-0.4, -0.2) is 47.1 Å². The first kappa shape index (κ1) is 9.88. The van der Waals surface area contributed by atoms with Crippen molar-refractivity contribution in [2.75, 3.05) is 0 Å². The van der Waals surface area contributed by atoms with E-state index in [0.29, 0.717) is 47.1 Å². The molecule has 0 saturated heterocycles. The Balaban J connectivity index is 0. The summed E-state index contributed by atoms with van der Waals surface area (Å²) in [7, 11) is 4.45. The molecule has 0 bridgehead atoms. The molecule has 22 valence electrons. The van der Waals surface area contributed by atoms with E-state index in [2.05, 4.69) is 25.2 Å². The molecule has 4 heteroatoms. The molecule has 0 aromatic heterocycles. The quantitative estimate of drug-likeness (QED) is 0.469. The van der Waals surface area contributed by atoms with Crippen molar-refractivity contribution in [1.29, 1.82) is 0 Å². The number of rotatable bonds is 0. The summed E-state index contributed by atoms with van der Waals surface area (Å²) in [5.74, 6) is 0. The van der Waals surface area contributed by atoms with Gasteiger partial charge in [0.05, 0.1) is 0 Å². The predicted molar refractivity (Wildman–Crippen MR) is 17.5 cm³/mol. The first-order valence-electron chi connectivity index (χ1n) is 0.521. The van der Waals surface area contributed by atoms with Crippen LogP contribution >= 0.6 is 13.9 Å². The molecule has 0 aromatic carbocycles. The van der Waals surface area contributed by atoms with Gasteiger partial charge in [0.25, 0.3) is 0 Å². The molecule has 0 radical (unpaired) electrons. The third-order valence-electron chi connectivity index (χ3n) is 0. The van der Waals surface area contributed by atoms with E-state index >= 15 is 0 Å². The van der Waals surface area contributed by atoms with E-state index in [-0.39, 0.29) is 0 Å². The van der Waals surface area contributed by atoms with Crippen LogP contribution in [0.5, 0.6) is 0 Å². The molecule has 0 aliphatic carbocycles. The average Bonchev–Trinajstić information content (AvgIpc) is 1.50. The molecule has 4 heavy (non-hydrogen) atoms. The summed E-state index contributed by atoms with van der Waals surface area (Å²) >= 11 is 2.94. The standard InChI is InChI=1S/2ClH.K.Mn/h2*1H;;/q;;2*+1/p-2. The first-order chi connectivity index (χ1) is 2.00. The Kier molecular flexibility index (Phi) is 42.5. The topological polar surface area (TPSA) is 0 Å². The second kappa shape index (κ2) is 17.2. The molecule has 0 saturated carbocycles. The molecule has 0 heterocycles. The van der Waals surface area contributed by atoms with Crippen LogP contribution in [0.25, 0.3) is 0 Å². The summed E-state index contributed by atoms with van der Waals surface area (Å²) in [4.78, 5) is 0. The van der Waals surface area contributed by atoms with E-state index in [0.717, 1.165) is 0 Å². The van der Waals surface area contributed by atoms with Crippen molar-refractivity contribution in [1.82, 2.24) is 0 Å². The fourth-order valence-corrected chi connectivity index (χ4v) is 0. The van der Waals surface area contributed by atoms with Crippen molar-refractivity contribution in [3.8, 4) is 0 Å². The second-order valence-electron chi connectivity index (χ2n) is 0. The van der Waals surface area contributed by atoms with Crippen molar-refractivity contribution < 1.29 is 15.1 Å². The number of halogens is 2. The minimum atomic E-state index is 0.535. The summed E-state index contributed by atoms with van der Waals surface area (Å²) in [6.45, 7) is 0. The second-order valence-corrected chi connectivity index (χ2v) is 0. The van der Waals surface area contributed by atoms with E-state index in [1.165, 1.54) is 0 Å². The fourth-order valence-electron chi connectivity index (χ4n) is 0. The van der Waals surface area contributed by atoms with E-state index in [1.807, 2.05) is 0 Å². The molecule has 0 aliphatic rings. The Hall–Kier alpha value is 2.74. The molecular weight excluding hydrogens is 165 g/mol. The van der Waals surface area contributed by atoms with Crippen molar-refractivity contribution in [3.05, 3.63) is 0 Å². The van der Waals surface area contributed by atoms with Gasteiger partial charge in [0, 0.05) is 0 Å². The molecule has 0 amide bonds. The molecule has 0 aromatic rings. The maximum absolute atomic E-state index is 4.83. The fraction of sp³-hybridized carbons (Fsp3) is 0. The van der Waals surface area contributed by atoms with Gasteiger partial charge in [-0.1, -0.05) is 0 Å². The van der Waals surface area contributed by atoms with Crippen molar-refractivity contribution in [3.63, 3.8) is 0 Å². The van der Waals surface area contributed by atoms with Gasteiger partial charge in [-0.3, -0.25) is 0 Å². The summed E-state index contributed by atoms with van der Waals surface area (Å²) < 4.78 is 4.83. The van der Waals surface area contributed by atoms with Crippen LogP contribution in [-0.2, 0) is 15.1 Å². The van der Waals surface area contributed by atoms with Crippen LogP contribution in [0.4, 0.5) is 0 Å². The van der Waals surface area contributed by atoms with E-state index in [4.69, 9.17) is 3.76 Å². The summed E-state index contributed by atoms with van der Waals surface area (Å²) in [6.07, 6.45) is 0. The predicted octanol–water partition coefficient (Wildman–Crippen LogP) is 0.996. The monoisotopic (exact) mass is 164 g/mol. The van der Waals surface area contributed by atoms with Gasteiger partial charge in [0.2, 0.25) is 0 Å². The molecule has 0 N–H and O–H groups in total. The molecule has 0 atom stereocenters. The molecule has 0 rings (SSSR count). The molecule has 0 spiro atoms. The first-order valence-corrected chi connectivity index (χ1v) is 6.44. The van der Waals surface area contributed by atoms with E-state index in [9.17, 15) is 0 Å². The zero-order chi connectivity index (χ0) is 4.00. The van der Waals surface area contributed by atoms with Crippen LogP contribution in [0.15, 0.2) is 0 Å². The molecule has 0 fully saturated rings. The van der Waals surface area contributed by atoms with Crippen molar-refractivity contribution in [2.24, 2.45) is 0 Å². The minimum absolute atomic E-state index is 0.535. The zero-order valence-electron chi connectivity index (χ0n) is 2.13. The summed E-state index contributed by atoms with van der Waals surface area (Å²) in [5, 5.41) is 0. The average molecular weight is 165 g/mol. The Morgan fingerprint density at radius 2 is 1.25 bits per heavy atom. The van der Waals surface area contributed by atoms with Gasteiger partial charge in [-0.05, 0) is 0 Å². The van der Waals surface area contributed by atoms with Crippen LogP contribution in [0.1, 0.15) is 0 Å². The van der Waals surface area contributed by atoms with E-state index in [1.54, 1.807) is 0 Å². The van der Waals surface area contributed by atoms with Crippen molar-refractivity contribution >= 4 is 61.0 Å². The Bertz CT molecular complexity index is 6.00. The third-order valence-corrected chi connectivity index (χ3v) is 0. The Morgan fingerprint density at radius 3 is 1.25 bits per heavy atom.